The molecular formula is C18H25N5O2. The van der Waals surface area contributed by atoms with Crippen LogP contribution in [-0.4, -0.2) is 48.8 Å². The molecule has 3 heterocycles. The van der Waals surface area contributed by atoms with Gasteiger partial charge in [0.25, 0.3) is 0 Å². The fourth-order valence-electron chi connectivity index (χ4n) is 3.37. The van der Waals surface area contributed by atoms with Crippen LogP contribution in [0.4, 0.5) is 0 Å². The standard InChI is InChI=1S/C18H25N5O2/c1-13-8-20-23(10-13)7-5-17(25)22-6-3-4-15(11-22)18-16(12-24)9-19-14(2)21-18/h8-10,15,24H,3-7,11-12H2,1-2H3. The summed E-state index contributed by atoms with van der Waals surface area (Å²) in [6.07, 6.45) is 7.82. The number of carbonyl (C=O) groups excluding carboxylic acids is 1. The summed E-state index contributed by atoms with van der Waals surface area (Å²) in [6.45, 7) is 5.80. The third-order valence-electron chi connectivity index (χ3n) is 4.67. The Kier molecular flexibility index (Phi) is 5.43. The van der Waals surface area contributed by atoms with Crippen molar-refractivity contribution in [1.29, 1.82) is 0 Å². The number of rotatable bonds is 5. The highest BCUT2D eigenvalue weighted by atomic mass is 16.3. The minimum atomic E-state index is -0.0707. The topological polar surface area (TPSA) is 84.1 Å². The summed E-state index contributed by atoms with van der Waals surface area (Å²) in [5.41, 5.74) is 2.74. The molecule has 1 fully saturated rings. The van der Waals surface area contributed by atoms with E-state index < -0.39 is 0 Å². The van der Waals surface area contributed by atoms with E-state index in [1.54, 1.807) is 12.4 Å². The molecular weight excluding hydrogens is 318 g/mol. The Morgan fingerprint density at radius 1 is 1.36 bits per heavy atom. The molecule has 0 radical (unpaired) electrons. The number of aromatic nitrogens is 4. The predicted octanol–water partition coefficient (Wildman–Crippen LogP) is 1.58. The summed E-state index contributed by atoms with van der Waals surface area (Å²) in [7, 11) is 0. The van der Waals surface area contributed by atoms with Crippen molar-refractivity contribution in [2.24, 2.45) is 0 Å². The zero-order valence-corrected chi connectivity index (χ0v) is 14.9. The van der Waals surface area contributed by atoms with E-state index in [-0.39, 0.29) is 18.4 Å². The van der Waals surface area contributed by atoms with Crippen LogP contribution in [0.15, 0.2) is 18.6 Å². The highest BCUT2D eigenvalue weighted by molar-refractivity contribution is 5.76. The smallest absolute Gasteiger partial charge is 0.224 e. The molecule has 2 aromatic rings. The lowest BCUT2D eigenvalue weighted by atomic mass is 9.92. The minimum absolute atomic E-state index is 0.0707. The largest absolute Gasteiger partial charge is 0.392 e. The fraction of sp³-hybridized carbons (Fsp3) is 0.556. The van der Waals surface area contributed by atoms with Crippen molar-refractivity contribution in [2.45, 2.75) is 52.2 Å². The maximum absolute atomic E-state index is 12.6. The number of aryl methyl sites for hydroxylation is 3. The molecule has 2 aromatic heterocycles. The average molecular weight is 343 g/mol. The van der Waals surface area contributed by atoms with E-state index in [4.69, 9.17) is 0 Å². The first kappa shape index (κ1) is 17.5. The van der Waals surface area contributed by atoms with Crippen molar-refractivity contribution in [3.05, 3.63) is 41.2 Å². The summed E-state index contributed by atoms with van der Waals surface area (Å²) < 4.78 is 1.81. The first-order chi connectivity index (χ1) is 12.1. The first-order valence-electron chi connectivity index (χ1n) is 8.77. The molecule has 1 amide bonds. The summed E-state index contributed by atoms with van der Waals surface area (Å²) in [6, 6.07) is 0. The molecule has 1 unspecified atom stereocenters. The first-order valence-corrected chi connectivity index (χ1v) is 8.77. The van der Waals surface area contributed by atoms with E-state index in [1.807, 2.05) is 29.6 Å². The van der Waals surface area contributed by atoms with Gasteiger partial charge in [0.15, 0.2) is 0 Å². The molecule has 1 N–H and O–H groups in total. The van der Waals surface area contributed by atoms with Gasteiger partial charge >= 0.3 is 0 Å². The van der Waals surface area contributed by atoms with Crippen molar-refractivity contribution in [3.63, 3.8) is 0 Å². The van der Waals surface area contributed by atoms with E-state index in [9.17, 15) is 9.90 Å². The third kappa shape index (κ3) is 4.22. The van der Waals surface area contributed by atoms with E-state index >= 15 is 0 Å². The number of amides is 1. The molecule has 7 heteroatoms. The molecule has 1 saturated heterocycles. The minimum Gasteiger partial charge on any atom is -0.392 e. The predicted molar refractivity (Wildman–Crippen MR) is 92.8 cm³/mol. The molecule has 134 valence electrons. The van der Waals surface area contributed by atoms with Gasteiger partial charge in [-0.15, -0.1) is 0 Å². The van der Waals surface area contributed by atoms with Crippen molar-refractivity contribution in [1.82, 2.24) is 24.6 Å². The van der Waals surface area contributed by atoms with Crippen molar-refractivity contribution in [3.8, 4) is 0 Å². The van der Waals surface area contributed by atoms with Crippen LogP contribution in [0.1, 0.15) is 47.8 Å². The van der Waals surface area contributed by atoms with Crippen molar-refractivity contribution >= 4 is 5.91 Å². The Labute approximate surface area is 147 Å². The molecule has 1 atom stereocenters. The van der Waals surface area contributed by atoms with Gasteiger partial charge in [0, 0.05) is 49.9 Å². The Hall–Kier alpha value is -2.28. The van der Waals surface area contributed by atoms with Crippen LogP contribution < -0.4 is 0 Å². The van der Waals surface area contributed by atoms with Crippen molar-refractivity contribution < 1.29 is 9.90 Å². The Morgan fingerprint density at radius 2 is 2.20 bits per heavy atom. The van der Waals surface area contributed by atoms with Crippen LogP contribution in [0.3, 0.4) is 0 Å². The zero-order chi connectivity index (χ0) is 17.8. The van der Waals surface area contributed by atoms with Gasteiger partial charge in [-0.1, -0.05) is 0 Å². The van der Waals surface area contributed by atoms with Gasteiger partial charge in [0.2, 0.25) is 5.91 Å². The number of hydrogen-bond donors (Lipinski definition) is 1. The second-order valence-electron chi connectivity index (χ2n) is 6.70. The highest BCUT2D eigenvalue weighted by Gasteiger charge is 2.27. The lowest BCUT2D eigenvalue weighted by Crippen LogP contribution is -2.40. The second kappa shape index (κ2) is 7.74. The quantitative estimate of drug-likeness (QED) is 0.891. The molecule has 0 aliphatic carbocycles. The number of likely N-dealkylation sites (tertiary alicyclic amines) is 1. The molecule has 0 bridgehead atoms. The second-order valence-corrected chi connectivity index (χ2v) is 6.70. The van der Waals surface area contributed by atoms with Gasteiger partial charge in [0.05, 0.1) is 18.5 Å². The Morgan fingerprint density at radius 3 is 2.92 bits per heavy atom. The van der Waals surface area contributed by atoms with Crippen LogP contribution >= 0.6 is 0 Å². The van der Waals surface area contributed by atoms with Crippen LogP contribution in [0.2, 0.25) is 0 Å². The van der Waals surface area contributed by atoms with Gasteiger partial charge in [-0.05, 0) is 32.3 Å². The van der Waals surface area contributed by atoms with Gasteiger partial charge in [-0.25, -0.2) is 9.97 Å². The summed E-state index contributed by atoms with van der Waals surface area (Å²) in [5, 5.41) is 13.8. The number of hydrogen-bond acceptors (Lipinski definition) is 5. The molecule has 3 rings (SSSR count). The van der Waals surface area contributed by atoms with Crippen LogP contribution in [0.5, 0.6) is 0 Å². The molecule has 0 saturated carbocycles. The molecule has 7 nitrogen and oxygen atoms in total. The van der Waals surface area contributed by atoms with E-state index in [0.29, 0.717) is 25.3 Å². The lowest BCUT2D eigenvalue weighted by Gasteiger charge is -2.33. The van der Waals surface area contributed by atoms with Crippen LogP contribution in [-0.2, 0) is 17.9 Å². The summed E-state index contributed by atoms with van der Waals surface area (Å²) in [5.74, 6) is 1.01. The summed E-state index contributed by atoms with van der Waals surface area (Å²) in [4.78, 5) is 23.2. The number of aliphatic hydroxyl groups excluding tert-OH is 1. The van der Waals surface area contributed by atoms with Gasteiger partial charge < -0.3 is 10.0 Å². The van der Waals surface area contributed by atoms with Crippen molar-refractivity contribution in [2.75, 3.05) is 13.1 Å². The van der Waals surface area contributed by atoms with E-state index in [1.165, 1.54) is 0 Å². The van der Waals surface area contributed by atoms with E-state index in [2.05, 4.69) is 15.1 Å². The molecule has 0 spiro atoms. The molecule has 25 heavy (non-hydrogen) atoms. The SMILES string of the molecule is Cc1cnn(CCC(=O)N2CCCC(c3nc(C)ncc3CO)C2)c1. The monoisotopic (exact) mass is 343 g/mol. The lowest BCUT2D eigenvalue weighted by molar-refractivity contribution is -0.132. The number of carbonyl (C=O) groups is 1. The summed E-state index contributed by atoms with van der Waals surface area (Å²) >= 11 is 0. The third-order valence-corrected chi connectivity index (χ3v) is 4.67. The van der Waals surface area contributed by atoms with Crippen LogP contribution in [0.25, 0.3) is 0 Å². The van der Waals surface area contributed by atoms with E-state index in [0.717, 1.165) is 36.2 Å². The maximum atomic E-state index is 12.6. The molecule has 1 aliphatic heterocycles. The highest BCUT2D eigenvalue weighted by Crippen LogP contribution is 2.28. The van der Waals surface area contributed by atoms with Gasteiger partial charge in [-0.3, -0.25) is 9.48 Å². The van der Waals surface area contributed by atoms with Crippen LogP contribution in [0, 0.1) is 13.8 Å². The zero-order valence-electron chi connectivity index (χ0n) is 14.9. The average Bonchev–Trinajstić information content (AvgIpc) is 3.05. The Bertz CT molecular complexity index is 743. The normalized spacial score (nSPS) is 17.7. The molecule has 0 aromatic carbocycles. The maximum Gasteiger partial charge on any atom is 0.224 e. The molecule has 1 aliphatic rings. The number of aliphatic hydroxyl groups is 1. The van der Waals surface area contributed by atoms with Gasteiger partial charge in [-0.2, -0.15) is 5.10 Å². The Balaban J connectivity index is 1.64. The fourth-order valence-corrected chi connectivity index (χ4v) is 3.37. The van der Waals surface area contributed by atoms with Gasteiger partial charge in [0.1, 0.15) is 5.82 Å². The number of piperidine rings is 1. The number of nitrogens with zero attached hydrogens (tertiary/aromatic N) is 5.